The number of hydrogen-bond donors (Lipinski definition) is 1. The molecule has 1 aliphatic heterocycles. The number of amides is 3. The van der Waals surface area contributed by atoms with Crippen LogP contribution in [-0.2, 0) is 4.74 Å². The maximum Gasteiger partial charge on any atom is 0.409 e. The lowest BCUT2D eigenvalue weighted by Gasteiger charge is -2.33. The number of nitrogens with zero attached hydrogens (tertiary/aromatic N) is 2. The molecule has 25 heavy (non-hydrogen) atoms. The highest BCUT2D eigenvalue weighted by Gasteiger charge is 2.24. The standard InChI is InChI=1S/C16H21ClFN3O4/c1-2-24-16(23)21-8-6-20(7-9-21)15(22)19-5-10-25-14-4-3-12(18)11-13(14)17/h3-4,11H,2,5-10H2,1H3,(H,19,22). The molecule has 3 amide bonds. The van der Waals surface area contributed by atoms with E-state index in [1.807, 2.05) is 0 Å². The van der Waals surface area contributed by atoms with Gasteiger partial charge in [-0.05, 0) is 25.1 Å². The van der Waals surface area contributed by atoms with Gasteiger partial charge in [-0.2, -0.15) is 0 Å². The van der Waals surface area contributed by atoms with Gasteiger partial charge in [0.05, 0.1) is 18.2 Å². The monoisotopic (exact) mass is 373 g/mol. The van der Waals surface area contributed by atoms with Gasteiger partial charge in [-0.3, -0.25) is 0 Å². The van der Waals surface area contributed by atoms with E-state index in [0.29, 0.717) is 38.5 Å². The molecule has 0 bridgehead atoms. The fourth-order valence-electron chi connectivity index (χ4n) is 2.33. The third kappa shape index (κ3) is 5.67. The molecule has 1 aromatic carbocycles. The number of rotatable bonds is 5. The molecule has 9 heteroatoms. The quantitative estimate of drug-likeness (QED) is 0.804. The van der Waals surface area contributed by atoms with E-state index in [-0.39, 0.29) is 30.3 Å². The van der Waals surface area contributed by atoms with Gasteiger partial charge in [0.2, 0.25) is 0 Å². The number of carbonyl (C=O) groups excluding carboxylic acids is 2. The van der Waals surface area contributed by atoms with Crippen LogP contribution in [0.3, 0.4) is 0 Å². The number of nitrogens with one attached hydrogen (secondary N) is 1. The van der Waals surface area contributed by atoms with E-state index in [0.717, 1.165) is 0 Å². The van der Waals surface area contributed by atoms with Crippen molar-refractivity contribution < 1.29 is 23.5 Å². The molecule has 1 aliphatic rings. The molecule has 2 rings (SSSR count). The maximum atomic E-state index is 12.9. The molecule has 0 spiro atoms. The Hall–Kier alpha value is -2.22. The van der Waals surface area contributed by atoms with E-state index < -0.39 is 5.82 Å². The van der Waals surface area contributed by atoms with Crippen molar-refractivity contribution in [2.45, 2.75) is 6.92 Å². The minimum Gasteiger partial charge on any atom is -0.490 e. The predicted octanol–water partition coefficient (Wildman–Crippen LogP) is 2.34. The topological polar surface area (TPSA) is 71.1 Å². The Morgan fingerprint density at radius 3 is 2.56 bits per heavy atom. The lowest BCUT2D eigenvalue weighted by molar-refractivity contribution is 0.0851. The molecule has 138 valence electrons. The van der Waals surface area contributed by atoms with Gasteiger partial charge in [0.1, 0.15) is 18.2 Å². The van der Waals surface area contributed by atoms with E-state index in [4.69, 9.17) is 21.1 Å². The average Bonchev–Trinajstić information content (AvgIpc) is 2.60. The van der Waals surface area contributed by atoms with Crippen LogP contribution in [0.4, 0.5) is 14.0 Å². The van der Waals surface area contributed by atoms with Crippen molar-refractivity contribution in [3.63, 3.8) is 0 Å². The molecule has 0 saturated carbocycles. The first-order chi connectivity index (χ1) is 12.0. The lowest BCUT2D eigenvalue weighted by Crippen LogP contribution is -2.53. The number of hydrogen-bond acceptors (Lipinski definition) is 4. The summed E-state index contributed by atoms with van der Waals surface area (Å²) in [7, 11) is 0. The second kappa shape index (κ2) is 9.31. The van der Waals surface area contributed by atoms with Crippen molar-refractivity contribution in [2.24, 2.45) is 0 Å². The SMILES string of the molecule is CCOC(=O)N1CCN(C(=O)NCCOc2ccc(F)cc2Cl)CC1. The first-order valence-electron chi connectivity index (χ1n) is 8.03. The normalized spacial score (nSPS) is 14.2. The fourth-order valence-corrected chi connectivity index (χ4v) is 2.55. The molecule has 0 aromatic heterocycles. The van der Waals surface area contributed by atoms with Crippen LogP contribution in [0.1, 0.15) is 6.92 Å². The number of benzene rings is 1. The Bertz CT molecular complexity index is 609. The summed E-state index contributed by atoms with van der Waals surface area (Å²) < 4.78 is 23.3. The van der Waals surface area contributed by atoms with Crippen LogP contribution < -0.4 is 10.1 Å². The fraction of sp³-hybridized carbons (Fsp3) is 0.500. The van der Waals surface area contributed by atoms with Crippen molar-refractivity contribution in [1.29, 1.82) is 0 Å². The summed E-state index contributed by atoms with van der Waals surface area (Å²) in [5.41, 5.74) is 0. The third-order valence-electron chi connectivity index (χ3n) is 3.62. The molecular weight excluding hydrogens is 353 g/mol. The van der Waals surface area contributed by atoms with Crippen LogP contribution in [-0.4, -0.2) is 67.9 Å². The molecule has 0 aliphatic carbocycles. The van der Waals surface area contributed by atoms with Gasteiger partial charge in [-0.25, -0.2) is 14.0 Å². The summed E-state index contributed by atoms with van der Waals surface area (Å²) in [6, 6.07) is 3.63. The highest BCUT2D eigenvalue weighted by atomic mass is 35.5. The summed E-state index contributed by atoms with van der Waals surface area (Å²) in [5, 5.41) is 2.91. The number of ether oxygens (including phenoxy) is 2. The van der Waals surface area contributed by atoms with Crippen LogP contribution in [0.5, 0.6) is 5.75 Å². The number of halogens is 2. The van der Waals surface area contributed by atoms with Crippen molar-refractivity contribution >= 4 is 23.7 Å². The molecule has 0 radical (unpaired) electrons. The summed E-state index contributed by atoms with van der Waals surface area (Å²) in [6.45, 7) is 4.33. The molecule has 7 nitrogen and oxygen atoms in total. The third-order valence-corrected chi connectivity index (χ3v) is 3.92. The van der Waals surface area contributed by atoms with E-state index in [9.17, 15) is 14.0 Å². The van der Waals surface area contributed by atoms with E-state index in [1.54, 1.807) is 16.7 Å². The van der Waals surface area contributed by atoms with Gasteiger partial charge in [0, 0.05) is 26.2 Å². The summed E-state index contributed by atoms with van der Waals surface area (Å²) >= 11 is 5.85. The Morgan fingerprint density at radius 2 is 1.92 bits per heavy atom. The Labute approximate surface area is 150 Å². The van der Waals surface area contributed by atoms with Crippen molar-refractivity contribution in [3.8, 4) is 5.75 Å². The predicted molar refractivity (Wildman–Crippen MR) is 90.5 cm³/mol. The number of piperazine rings is 1. The van der Waals surface area contributed by atoms with Crippen LogP contribution in [0.25, 0.3) is 0 Å². The van der Waals surface area contributed by atoms with Gasteiger partial charge in [0.15, 0.2) is 0 Å². The van der Waals surface area contributed by atoms with Gasteiger partial charge >= 0.3 is 12.1 Å². The molecule has 1 N–H and O–H groups in total. The minimum atomic E-state index is -0.437. The minimum absolute atomic E-state index is 0.182. The zero-order valence-corrected chi connectivity index (χ0v) is 14.7. The van der Waals surface area contributed by atoms with E-state index in [2.05, 4.69) is 5.32 Å². The van der Waals surface area contributed by atoms with Crippen molar-refractivity contribution in [3.05, 3.63) is 29.0 Å². The molecule has 0 unspecified atom stereocenters. The van der Waals surface area contributed by atoms with Crippen molar-refractivity contribution in [2.75, 3.05) is 45.9 Å². The molecule has 0 atom stereocenters. The lowest BCUT2D eigenvalue weighted by atomic mass is 10.3. The Morgan fingerprint density at radius 1 is 1.24 bits per heavy atom. The maximum absolute atomic E-state index is 12.9. The van der Waals surface area contributed by atoms with Crippen LogP contribution in [0.2, 0.25) is 5.02 Å². The molecule has 1 saturated heterocycles. The van der Waals surface area contributed by atoms with Gasteiger partial charge < -0.3 is 24.6 Å². The second-order valence-electron chi connectivity index (χ2n) is 5.33. The van der Waals surface area contributed by atoms with Crippen LogP contribution in [0.15, 0.2) is 18.2 Å². The van der Waals surface area contributed by atoms with Crippen molar-refractivity contribution in [1.82, 2.24) is 15.1 Å². The van der Waals surface area contributed by atoms with E-state index >= 15 is 0 Å². The van der Waals surface area contributed by atoms with Crippen LogP contribution in [0, 0.1) is 5.82 Å². The highest BCUT2D eigenvalue weighted by molar-refractivity contribution is 6.32. The molecule has 1 aromatic rings. The zero-order valence-electron chi connectivity index (χ0n) is 14.0. The summed E-state index contributed by atoms with van der Waals surface area (Å²) in [4.78, 5) is 26.9. The zero-order chi connectivity index (χ0) is 18.2. The molecule has 1 heterocycles. The molecule has 1 fully saturated rings. The molecular formula is C16H21ClFN3O4. The Balaban J connectivity index is 1.67. The smallest absolute Gasteiger partial charge is 0.409 e. The number of carbonyl (C=O) groups is 2. The first-order valence-corrected chi connectivity index (χ1v) is 8.41. The van der Waals surface area contributed by atoms with Crippen LogP contribution >= 0.6 is 11.6 Å². The first kappa shape index (κ1) is 19.1. The average molecular weight is 374 g/mol. The van der Waals surface area contributed by atoms with Gasteiger partial charge in [0.25, 0.3) is 0 Å². The highest BCUT2D eigenvalue weighted by Crippen LogP contribution is 2.24. The summed E-state index contributed by atoms with van der Waals surface area (Å²) in [6.07, 6.45) is -0.355. The largest absolute Gasteiger partial charge is 0.490 e. The Kier molecular flexibility index (Phi) is 7.12. The number of urea groups is 1. The van der Waals surface area contributed by atoms with E-state index in [1.165, 1.54) is 18.2 Å². The summed E-state index contributed by atoms with van der Waals surface area (Å²) in [5.74, 6) is -0.0759. The van der Waals surface area contributed by atoms with Gasteiger partial charge in [-0.1, -0.05) is 11.6 Å². The second-order valence-corrected chi connectivity index (χ2v) is 5.74. The van der Waals surface area contributed by atoms with Gasteiger partial charge in [-0.15, -0.1) is 0 Å².